The van der Waals surface area contributed by atoms with Crippen LogP contribution < -0.4 is 10.6 Å². The number of nitrogen functional groups attached to an aromatic ring is 1. The van der Waals surface area contributed by atoms with Gasteiger partial charge in [-0.15, -0.1) is 0 Å². The van der Waals surface area contributed by atoms with Crippen LogP contribution in [0.5, 0.6) is 0 Å². The third kappa shape index (κ3) is 1.90. The summed E-state index contributed by atoms with van der Waals surface area (Å²) in [5.74, 6) is 0.817. The lowest BCUT2D eigenvalue weighted by atomic mass is 10.2. The molecule has 0 amide bonds. The smallest absolute Gasteiger partial charge is 0.152 e. The zero-order chi connectivity index (χ0) is 10.8. The molecule has 4 nitrogen and oxygen atoms in total. The molecule has 2 rings (SSSR count). The van der Waals surface area contributed by atoms with E-state index < -0.39 is 0 Å². The Bertz CT molecular complexity index is 354. The highest BCUT2D eigenvalue weighted by Crippen LogP contribution is 2.28. The number of hydrogen-bond acceptors (Lipinski definition) is 4. The average Bonchev–Trinajstić information content (AvgIpc) is 2.65. The van der Waals surface area contributed by atoms with Crippen molar-refractivity contribution in [2.75, 3.05) is 23.8 Å². The highest BCUT2D eigenvalue weighted by atomic mass is 16.3. The second-order valence-corrected chi connectivity index (χ2v) is 4.10. The summed E-state index contributed by atoms with van der Waals surface area (Å²) >= 11 is 0. The molecule has 82 valence electrons. The number of aliphatic hydroxyl groups excluding tert-OH is 1. The number of nitrogens with two attached hydrogens (primary N) is 1. The predicted octanol–water partition coefficient (Wildman–Crippen LogP) is 0.933. The molecule has 2 heterocycles. The third-order valence-electron chi connectivity index (χ3n) is 2.89. The SMILES string of the molecule is Cc1cnc(N2CCCC2CO)c(N)c1. The molecule has 0 saturated carbocycles. The molecule has 15 heavy (non-hydrogen) atoms. The van der Waals surface area contributed by atoms with Crippen molar-refractivity contribution in [2.24, 2.45) is 0 Å². The molecule has 0 aromatic carbocycles. The van der Waals surface area contributed by atoms with E-state index in [0.717, 1.165) is 30.8 Å². The van der Waals surface area contributed by atoms with Gasteiger partial charge in [0.15, 0.2) is 5.82 Å². The largest absolute Gasteiger partial charge is 0.396 e. The normalized spacial score (nSPS) is 20.9. The van der Waals surface area contributed by atoms with Gasteiger partial charge in [0.2, 0.25) is 0 Å². The van der Waals surface area contributed by atoms with Crippen LogP contribution in [-0.2, 0) is 0 Å². The molecule has 1 aromatic heterocycles. The quantitative estimate of drug-likeness (QED) is 0.757. The lowest BCUT2D eigenvalue weighted by Gasteiger charge is -2.25. The molecule has 1 unspecified atom stereocenters. The van der Waals surface area contributed by atoms with Crippen LogP contribution in [0.1, 0.15) is 18.4 Å². The third-order valence-corrected chi connectivity index (χ3v) is 2.89. The highest BCUT2D eigenvalue weighted by Gasteiger charge is 2.26. The van der Waals surface area contributed by atoms with Gasteiger partial charge in [-0.25, -0.2) is 4.98 Å². The minimum Gasteiger partial charge on any atom is -0.396 e. The van der Waals surface area contributed by atoms with Crippen LogP contribution >= 0.6 is 0 Å². The number of pyridine rings is 1. The Balaban J connectivity index is 2.28. The van der Waals surface area contributed by atoms with Crippen LogP contribution in [0.3, 0.4) is 0 Å². The molecule has 1 aliphatic heterocycles. The molecule has 4 heteroatoms. The average molecular weight is 207 g/mol. The van der Waals surface area contributed by atoms with Gasteiger partial charge in [0, 0.05) is 12.7 Å². The van der Waals surface area contributed by atoms with Crippen molar-refractivity contribution < 1.29 is 5.11 Å². The second kappa shape index (κ2) is 4.06. The molecular weight excluding hydrogens is 190 g/mol. The lowest BCUT2D eigenvalue weighted by Crippen LogP contribution is -2.33. The first kappa shape index (κ1) is 10.2. The highest BCUT2D eigenvalue weighted by molar-refractivity contribution is 5.64. The van der Waals surface area contributed by atoms with Crippen molar-refractivity contribution in [1.29, 1.82) is 0 Å². The Morgan fingerprint density at radius 1 is 1.67 bits per heavy atom. The molecule has 0 bridgehead atoms. The first-order valence-corrected chi connectivity index (χ1v) is 5.32. The van der Waals surface area contributed by atoms with Gasteiger partial charge in [0.1, 0.15) is 0 Å². The van der Waals surface area contributed by atoms with Crippen LogP contribution in [0.15, 0.2) is 12.3 Å². The predicted molar refractivity (Wildman–Crippen MR) is 60.8 cm³/mol. The summed E-state index contributed by atoms with van der Waals surface area (Å²) in [7, 11) is 0. The molecule has 0 spiro atoms. The molecule has 1 fully saturated rings. The van der Waals surface area contributed by atoms with Gasteiger partial charge in [0.05, 0.1) is 18.3 Å². The monoisotopic (exact) mass is 207 g/mol. The summed E-state index contributed by atoms with van der Waals surface area (Å²) in [5, 5.41) is 9.23. The van der Waals surface area contributed by atoms with Crippen molar-refractivity contribution in [3.63, 3.8) is 0 Å². The van der Waals surface area contributed by atoms with Crippen LogP contribution in [0.2, 0.25) is 0 Å². The molecule has 1 aromatic rings. The fourth-order valence-electron chi connectivity index (χ4n) is 2.13. The van der Waals surface area contributed by atoms with Gasteiger partial charge >= 0.3 is 0 Å². The molecule has 1 saturated heterocycles. The van der Waals surface area contributed by atoms with E-state index in [1.54, 1.807) is 0 Å². The molecule has 3 N–H and O–H groups in total. The van der Waals surface area contributed by atoms with E-state index in [4.69, 9.17) is 5.73 Å². The minimum atomic E-state index is 0.176. The van der Waals surface area contributed by atoms with Crippen LogP contribution in [0.4, 0.5) is 11.5 Å². The van der Waals surface area contributed by atoms with E-state index in [9.17, 15) is 5.11 Å². The Labute approximate surface area is 89.7 Å². The van der Waals surface area contributed by atoms with E-state index in [-0.39, 0.29) is 12.6 Å². The van der Waals surface area contributed by atoms with Gasteiger partial charge in [-0.1, -0.05) is 0 Å². The number of hydrogen-bond donors (Lipinski definition) is 2. The summed E-state index contributed by atoms with van der Waals surface area (Å²) in [6.45, 7) is 3.08. The van der Waals surface area contributed by atoms with E-state index >= 15 is 0 Å². The number of aryl methyl sites for hydroxylation is 1. The number of aliphatic hydroxyl groups is 1. The molecule has 1 atom stereocenters. The number of nitrogens with zero attached hydrogens (tertiary/aromatic N) is 2. The fourth-order valence-corrected chi connectivity index (χ4v) is 2.13. The maximum Gasteiger partial charge on any atom is 0.152 e. The van der Waals surface area contributed by atoms with Crippen molar-refractivity contribution in [3.8, 4) is 0 Å². The Morgan fingerprint density at radius 2 is 2.47 bits per heavy atom. The zero-order valence-corrected chi connectivity index (χ0v) is 8.98. The maximum absolute atomic E-state index is 9.23. The van der Waals surface area contributed by atoms with Crippen molar-refractivity contribution in [3.05, 3.63) is 17.8 Å². The number of anilines is 2. The number of rotatable bonds is 2. The van der Waals surface area contributed by atoms with Crippen LogP contribution in [-0.4, -0.2) is 29.3 Å². The van der Waals surface area contributed by atoms with Crippen molar-refractivity contribution in [2.45, 2.75) is 25.8 Å². The molecular formula is C11H17N3O. The maximum atomic E-state index is 9.23. The van der Waals surface area contributed by atoms with Crippen LogP contribution in [0.25, 0.3) is 0 Å². The molecule has 0 radical (unpaired) electrons. The van der Waals surface area contributed by atoms with E-state index in [0.29, 0.717) is 5.69 Å². The van der Waals surface area contributed by atoms with Crippen molar-refractivity contribution >= 4 is 11.5 Å². The first-order valence-electron chi connectivity index (χ1n) is 5.32. The second-order valence-electron chi connectivity index (χ2n) is 4.10. The Hall–Kier alpha value is -1.29. The minimum absolute atomic E-state index is 0.176. The van der Waals surface area contributed by atoms with E-state index in [2.05, 4.69) is 9.88 Å². The summed E-state index contributed by atoms with van der Waals surface area (Å²) < 4.78 is 0. The number of aromatic nitrogens is 1. The summed E-state index contributed by atoms with van der Waals surface area (Å²) in [4.78, 5) is 6.45. The zero-order valence-electron chi connectivity index (χ0n) is 8.98. The van der Waals surface area contributed by atoms with Gasteiger partial charge in [0.25, 0.3) is 0 Å². The molecule has 0 aliphatic carbocycles. The van der Waals surface area contributed by atoms with Crippen LogP contribution in [0, 0.1) is 6.92 Å². The first-order chi connectivity index (χ1) is 7.22. The van der Waals surface area contributed by atoms with Gasteiger partial charge in [-0.3, -0.25) is 0 Å². The standard InChI is InChI=1S/C11H17N3O/c1-8-5-10(12)11(13-6-8)14-4-2-3-9(14)7-15/h5-6,9,15H,2-4,7,12H2,1H3. The van der Waals surface area contributed by atoms with E-state index in [1.807, 2.05) is 19.2 Å². The summed E-state index contributed by atoms with van der Waals surface area (Å²) in [6, 6.07) is 2.11. The Morgan fingerprint density at radius 3 is 3.13 bits per heavy atom. The van der Waals surface area contributed by atoms with Gasteiger partial charge in [-0.2, -0.15) is 0 Å². The lowest BCUT2D eigenvalue weighted by molar-refractivity contribution is 0.266. The summed E-state index contributed by atoms with van der Waals surface area (Å²) in [5.41, 5.74) is 7.70. The summed E-state index contributed by atoms with van der Waals surface area (Å²) in [6.07, 6.45) is 3.93. The van der Waals surface area contributed by atoms with Gasteiger partial charge < -0.3 is 15.7 Å². The van der Waals surface area contributed by atoms with Crippen molar-refractivity contribution in [1.82, 2.24) is 4.98 Å². The van der Waals surface area contributed by atoms with E-state index in [1.165, 1.54) is 0 Å². The topological polar surface area (TPSA) is 62.4 Å². The van der Waals surface area contributed by atoms with Gasteiger partial charge in [-0.05, 0) is 31.4 Å². The molecule has 1 aliphatic rings. The Kier molecular flexibility index (Phi) is 2.77. The fraction of sp³-hybridized carbons (Fsp3) is 0.545.